The first-order chi connectivity index (χ1) is 19.8. The molecule has 0 aliphatic heterocycles. The largest absolute Gasteiger partial charge is 0.456 e. The second-order valence-corrected chi connectivity index (χ2v) is 8.60. The zero-order valence-corrected chi connectivity index (χ0v) is 19.4. The third-order valence-electron chi connectivity index (χ3n) is 6.07. The van der Waals surface area contributed by atoms with Crippen molar-refractivity contribution in [2.45, 2.75) is 0 Å². The Bertz CT molecular complexity index is 2140. The van der Waals surface area contributed by atoms with Crippen molar-refractivity contribution in [1.29, 1.82) is 0 Å². The summed E-state index contributed by atoms with van der Waals surface area (Å²) in [4.78, 5) is 0. The highest BCUT2D eigenvalue weighted by molar-refractivity contribution is 6.34. The molecule has 0 saturated carbocycles. The zero-order chi connectivity index (χ0) is 28.4. The number of ether oxygens (including phenoxy) is 1. The van der Waals surface area contributed by atoms with Crippen LogP contribution in [0.5, 0.6) is 11.5 Å². The highest BCUT2D eigenvalue weighted by Crippen LogP contribution is 2.38. The van der Waals surface area contributed by atoms with Gasteiger partial charge in [-0.1, -0.05) is 84.3 Å². The van der Waals surface area contributed by atoms with Gasteiger partial charge in [0.1, 0.15) is 33.4 Å². The van der Waals surface area contributed by atoms with Crippen molar-refractivity contribution in [2.24, 2.45) is 0 Å². The maximum atomic E-state index is 8.48. The fourth-order valence-corrected chi connectivity index (χ4v) is 4.68. The van der Waals surface area contributed by atoms with E-state index >= 15 is 0 Å². The molecule has 0 aliphatic rings. The minimum Gasteiger partial charge on any atom is -0.456 e. The molecule has 2 heterocycles. The Morgan fingerprint density at radius 1 is 0.778 bits per heavy atom. The molecule has 0 spiro atoms. The molecule has 0 radical (unpaired) electrons. The SMILES string of the molecule is [2H]c1c([2H])c([2H])c(-c2nn(-c3cccc(Oc4ccc5oc6ccccc6c5c4)c3Cl)c3ccccc23)c([2H])c1[2H]. The minimum atomic E-state index is -0.456. The van der Waals surface area contributed by atoms with Crippen LogP contribution in [-0.4, -0.2) is 9.78 Å². The molecule has 0 amide bonds. The lowest BCUT2D eigenvalue weighted by Crippen LogP contribution is -1.99. The van der Waals surface area contributed by atoms with Crippen molar-refractivity contribution in [3.8, 4) is 28.4 Å². The summed E-state index contributed by atoms with van der Waals surface area (Å²) in [5.41, 5.74) is 2.99. The van der Waals surface area contributed by atoms with Crippen LogP contribution in [0.3, 0.4) is 0 Å². The molecule has 0 N–H and O–H groups in total. The second-order valence-electron chi connectivity index (χ2n) is 8.23. The van der Waals surface area contributed by atoms with Crippen molar-refractivity contribution in [1.82, 2.24) is 9.78 Å². The summed E-state index contributed by atoms with van der Waals surface area (Å²) >= 11 is 6.91. The van der Waals surface area contributed by atoms with Gasteiger partial charge in [0, 0.05) is 21.7 Å². The Kier molecular flexibility index (Phi) is 3.73. The Balaban J connectivity index is 1.36. The van der Waals surface area contributed by atoms with Gasteiger partial charge in [0.05, 0.1) is 18.1 Å². The molecule has 0 fully saturated rings. The summed E-state index contributed by atoms with van der Waals surface area (Å²) in [5, 5.41) is 7.56. The molecular formula is C31H19ClN2O2. The molecule has 5 heteroatoms. The van der Waals surface area contributed by atoms with E-state index < -0.39 is 18.1 Å². The summed E-state index contributed by atoms with van der Waals surface area (Å²) < 4.78 is 55.0. The molecule has 0 atom stereocenters. The number of halogens is 1. The van der Waals surface area contributed by atoms with Gasteiger partial charge in [-0.15, -0.1) is 0 Å². The molecule has 2 aromatic heterocycles. The highest BCUT2D eigenvalue weighted by atomic mass is 35.5. The number of fused-ring (bicyclic) bond motifs is 4. The van der Waals surface area contributed by atoms with E-state index in [1.807, 2.05) is 60.7 Å². The van der Waals surface area contributed by atoms with E-state index in [2.05, 4.69) is 0 Å². The van der Waals surface area contributed by atoms with E-state index in [0.29, 0.717) is 33.1 Å². The van der Waals surface area contributed by atoms with Crippen molar-refractivity contribution in [3.05, 3.63) is 120 Å². The van der Waals surface area contributed by atoms with Gasteiger partial charge in [-0.05, 0) is 42.5 Å². The van der Waals surface area contributed by atoms with Crippen LogP contribution >= 0.6 is 11.6 Å². The van der Waals surface area contributed by atoms with Crippen LogP contribution in [0.25, 0.3) is 49.8 Å². The van der Waals surface area contributed by atoms with Gasteiger partial charge in [0.2, 0.25) is 0 Å². The van der Waals surface area contributed by atoms with Crippen LogP contribution in [0.15, 0.2) is 120 Å². The third kappa shape index (κ3) is 3.35. The molecular weight excluding hydrogens is 468 g/mol. The Labute approximate surface area is 218 Å². The molecule has 0 aliphatic carbocycles. The maximum absolute atomic E-state index is 8.48. The molecule has 5 aromatic carbocycles. The number of hydrogen-bond acceptors (Lipinski definition) is 3. The van der Waals surface area contributed by atoms with Gasteiger partial charge in [-0.25, -0.2) is 4.68 Å². The third-order valence-corrected chi connectivity index (χ3v) is 6.45. The number of para-hydroxylation sites is 2. The van der Waals surface area contributed by atoms with E-state index in [0.717, 1.165) is 21.9 Å². The summed E-state index contributed by atoms with van der Waals surface area (Å²) in [6.07, 6.45) is 0. The number of hydrogen-bond donors (Lipinski definition) is 0. The molecule has 0 unspecified atom stereocenters. The summed E-state index contributed by atoms with van der Waals surface area (Å²) in [6, 6.07) is 24.0. The van der Waals surface area contributed by atoms with E-state index in [1.165, 1.54) is 0 Å². The topological polar surface area (TPSA) is 40.2 Å². The van der Waals surface area contributed by atoms with Gasteiger partial charge in [-0.3, -0.25) is 0 Å². The highest BCUT2D eigenvalue weighted by Gasteiger charge is 2.17. The second kappa shape index (κ2) is 8.29. The van der Waals surface area contributed by atoms with E-state index in [1.54, 1.807) is 28.9 Å². The molecule has 36 heavy (non-hydrogen) atoms. The number of furan rings is 1. The predicted molar refractivity (Wildman–Crippen MR) is 145 cm³/mol. The number of nitrogens with zero attached hydrogens (tertiary/aromatic N) is 2. The van der Waals surface area contributed by atoms with Gasteiger partial charge in [0.15, 0.2) is 0 Å². The molecule has 7 aromatic rings. The first-order valence-corrected chi connectivity index (χ1v) is 11.6. The lowest BCUT2D eigenvalue weighted by atomic mass is 10.1. The fraction of sp³-hybridized carbons (Fsp3) is 0. The fourth-order valence-electron chi connectivity index (χ4n) is 4.44. The van der Waals surface area contributed by atoms with Crippen LogP contribution in [0, 0.1) is 0 Å². The maximum Gasteiger partial charge on any atom is 0.148 e. The van der Waals surface area contributed by atoms with Crippen molar-refractivity contribution >= 4 is 44.4 Å². The molecule has 4 nitrogen and oxygen atoms in total. The van der Waals surface area contributed by atoms with Crippen molar-refractivity contribution in [3.63, 3.8) is 0 Å². The predicted octanol–water partition coefficient (Wildman–Crippen LogP) is 9.04. The van der Waals surface area contributed by atoms with Gasteiger partial charge in [0.25, 0.3) is 0 Å². The molecule has 172 valence electrons. The molecule has 0 bridgehead atoms. The smallest absolute Gasteiger partial charge is 0.148 e. The Hall–Kier alpha value is -4.54. The first-order valence-electron chi connectivity index (χ1n) is 13.8. The number of rotatable bonds is 4. The van der Waals surface area contributed by atoms with Crippen molar-refractivity contribution < 1.29 is 16.0 Å². The van der Waals surface area contributed by atoms with E-state index in [9.17, 15) is 0 Å². The Morgan fingerprint density at radius 2 is 1.56 bits per heavy atom. The van der Waals surface area contributed by atoms with Crippen LogP contribution in [0.4, 0.5) is 0 Å². The molecule has 0 saturated heterocycles. The summed E-state index contributed by atoms with van der Waals surface area (Å²) in [7, 11) is 0. The zero-order valence-electron chi connectivity index (χ0n) is 23.7. The van der Waals surface area contributed by atoms with Gasteiger partial charge >= 0.3 is 0 Å². The Morgan fingerprint density at radius 3 is 2.44 bits per heavy atom. The van der Waals surface area contributed by atoms with E-state index in [4.69, 9.17) is 32.7 Å². The quantitative estimate of drug-likeness (QED) is 0.246. The van der Waals surface area contributed by atoms with Crippen LogP contribution < -0.4 is 4.74 Å². The summed E-state index contributed by atoms with van der Waals surface area (Å²) in [6.45, 7) is 0. The lowest BCUT2D eigenvalue weighted by molar-refractivity contribution is 0.483. The van der Waals surface area contributed by atoms with Crippen LogP contribution in [0.1, 0.15) is 6.85 Å². The first kappa shape index (κ1) is 16.2. The lowest BCUT2D eigenvalue weighted by Gasteiger charge is -2.12. The van der Waals surface area contributed by atoms with Crippen LogP contribution in [0.2, 0.25) is 5.02 Å². The van der Waals surface area contributed by atoms with Gasteiger partial charge in [-0.2, -0.15) is 5.10 Å². The summed E-state index contributed by atoms with van der Waals surface area (Å²) in [5.74, 6) is 0.980. The normalized spacial score (nSPS) is 13.4. The van der Waals surface area contributed by atoms with E-state index in [-0.39, 0.29) is 23.3 Å². The number of aromatic nitrogens is 2. The minimum absolute atomic E-state index is 0.0233. The average Bonchev–Trinajstić information content (AvgIpc) is 3.55. The monoisotopic (exact) mass is 491 g/mol. The van der Waals surface area contributed by atoms with Crippen molar-refractivity contribution in [2.75, 3.05) is 0 Å². The number of benzene rings is 5. The standard InChI is InChI=1S/C31H19ClN2O2/c32-30-26(34-25-13-6-4-12-23(25)31(33-34)20-9-2-1-3-10-20)14-8-16-29(30)35-21-17-18-28-24(19-21)22-11-5-7-15-27(22)36-28/h1-19H/i1D,2D,3D,9D,10D. The van der Waals surface area contributed by atoms with Crippen LogP contribution in [-0.2, 0) is 0 Å². The molecule has 7 rings (SSSR count). The average molecular weight is 492 g/mol. The van der Waals surface area contributed by atoms with Gasteiger partial charge < -0.3 is 9.15 Å².